The highest BCUT2D eigenvalue weighted by Crippen LogP contribution is 2.39. The van der Waals surface area contributed by atoms with E-state index in [2.05, 4.69) is 20.7 Å². The summed E-state index contributed by atoms with van der Waals surface area (Å²) in [6.07, 6.45) is 7.82. The van der Waals surface area contributed by atoms with Crippen LogP contribution in [0.25, 0.3) is 0 Å². The second-order valence-electron chi connectivity index (χ2n) is 5.63. The van der Waals surface area contributed by atoms with Gasteiger partial charge in [-0.3, -0.25) is 0 Å². The van der Waals surface area contributed by atoms with Gasteiger partial charge in [0.25, 0.3) is 10.2 Å². The molecule has 0 aromatic heterocycles. The number of nitrogens with one attached hydrogen (secondary N) is 1. The van der Waals surface area contributed by atoms with Gasteiger partial charge in [0, 0.05) is 25.0 Å². The molecule has 0 radical (unpaired) electrons. The molecule has 1 heterocycles. The van der Waals surface area contributed by atoms with E-state index in [0.717, 1.165) is 37.4 Å². The summed E-state index contributed by atoms with van der Waals surface area (Å²) in [7, 11) is -3.26. The van der Waals surface area contributed by atoms with Crippen LogP contribution in [0.15, 0.2) is 0 Å². The Labute approximate surface area is 119 Å². The van der Waals surface area contributed by atoms with Crippen molar-refractivity contribution in [1.82, 2.24) is 9.03 Å². The first-order chi connectivity index (χ1) is 8.58. The van der Waals surface area contributed by atoms with Gasteiger partial charge in [0.15, 0.2) is 0 Å². The van der Waals surface area contributed by atoms with E-state index in [4.69, 9.17) is 0 Å². The predicted molar refractivity (Wildman–Crippen MR) is 77.0 cm³/mol. The maximum absolute atomic E-state index is 12.2. The fourth-order valence-electron chi connectivity index (χ4n) is 2.92. The molecule has 1 saturated carbocycles. The fraction of sp³-hybridized carbons (Fsp3) is 1.00. The van der Waals surface area contributed by atoms with E-state index < -0.39 is 10.2 Å². The normalized spacial score (nSPS) is 25.4. The largest absolute Gasteiger partial charge is 0.279 e. The van der Waals surface area contributed by atoms with Gasteiger partial charge < -0.3 is 0 Å². The molecule has 1 aliphatic carbocycles. The third kappa shape index (κ3) is 3.46. The number of halogens is 1. The minimum absolute atomic E-state index is 0.142. The molecule has 2 aliphatic rings. The number of hydrogen-bond acceptors (Lipinski definition) is 2. The standard InChI is InChI=1S/C12H23BrN2O2S/c13-10-12(6-2-3-7-12)11-14-18(16,17)15-8-4-1-5-9-15/h14H,1-11H2. The Bertz CT molecular complexity index is 360. The van der Waals surface area contributed by atoms with Crippen LogP contribution in [0.1, 0.15) is 44.9 Å². The van der Waals surface area contributed by atoms with Crippen LogP contribution >= 0.6 is 15.9 Å². The molecule has 0 unspecified atom stereocenters. The molecule has 0 amide bonds. The van der Waals surface area contributed by atoms with Gasteiger partial charge in [0.2, 0.25) is 0 Å². The lowest BCUT2D eigenvalue weighted by Gasteiger charge is -2.30. The van der Waals surface area contributed by atoms with Crippen LogP contribution in [-0.2, 0) is 10.2 Å². The van der Waals surface area contributed by atoms with E-state index in [1.54, 1.807) is 4.31 Å². The summed E-state index contributed by atoms with van der Waals surface area (Å²) in [4.78, 5) is 0. The van der Waals surface area contributed by atoms with Crippen molar-refractivity contribution < 1.29 is 8.42 Å². The highest BCUT2D eigenvalue weighted by Gasteiger charge is 2.35. The van der Waals surface area contributed by atoms with E-state index in [9.17, 15) is 8.42 Å². The summed E-state index contributed by atoms with van der Waals surface area (Å²) >= 11 is 3.55. The van der Waals surface area contributed by atoms with E-state index in [-0.39, 0.29) is 5.41 Å². The predicted octanol–water partition coefficient (Wildman–Crippen LogP) is 2.26. The third-order valence-corrected chi connectivity index (χ3v) is 6.98. The monoisotopic (exact) mass is 338 g/mol. The Morgan fingerprint density at radius 2 is 1.67 bits per heavy atom. The van der Waals surface area contributed by atoms with E-state index in [1.807, 2.05) is 0 Å². The number of rotatable bonds is 5. The molecule has 0 atom stereocenters. The highest BCUT2D eigenvalue weighted by molar-refractivity contribution is 9.09. The Hall–Kier alpha value is 0.350. The maximum Gasteiger partial charge on any atom is 0.279 e. The zero-order valence-electron chi connectivity index (χ0n) is 10.8. The van der Waals surface area contributed by atoms with Crippen molar-refractivity contribution in [3.63, 3.8) is 0 Å². The zero-order valence-corrected chi connectivity index (χ0v) is 13.2. The fourth-order valence-corrected chi connectivity index (χ4v) is 5.09. The lowest BCUT2D eigenvalue weighted by Crippen LogP contribution is -2.47. The molecular weight excluding hydrogens is 316 g/mol. The van der Waals surface area contributed by atoms with Crippen molar-refractivity contribution in [3.8, 4) is 0 Å². The minimum Gasteiger partial charge on any atom is -0.202 e. The number of hydrogen-bond donors (Lipinski definition) is 1. The molecule has 106 valence electrons. The van der Waals surface area contributed by atoms with Crippen LogP contribution in [0.2, 0.25) is 0 Å². The molecule has 4 nitrogen and oxygen atoms in total. The molecule has 1 N–H and O–H groups in total. The first-order valence-corrected chi connectivity index (χ1v) is 9.45. The summed E-state index contributed by atoms with van der Waals surface area (Å²) in [5.74, 6) is 0. The van der Waals surface area contributed by atoms with Crippen molar-refractivity contribution in [3.05, 3.63) is 0 Å². The van der Waals surface area contributed by atoms with Gasteiger partial charge in [-0.1, -0.05) is 35.2 Å². The van der Waals surface area contributed by atoms with Crippen LogP contribution in [0.3, 0.4) is 0 Å². The molecule has 18 heavy (non-hydrogen) atoms. The lowest BCUT2D eigenvalue weighted by molar-refractivity contribution is 0.319. The van der Waals surface area contributed by atoms with Crippen molar-refractivity contribution in [1.29, 1.82) is 0 Å². The first kappa shape index (κ1) is 14.8. The SMILES string of the molecule is O=S(=O)(NCC1(CBr)CCCC1)N1CCCCC1. The molecule has 0 spiro atoms. The molecule has 6 heteroatoms. The lowest BCUT2D eigenvalue weighted by atomic mass is 9.89. The molecule has 0 aromatic carbocycles. The van der Waals surface area contributed by atoms with Crippen LogP contribution in [0, 0.1) is 5.41 Å². The van der Waals surface area contributed by atoms with Crippen LogP contribution in [0.4, 0.5) is 0 Å². The molecule has 2 fully saturated rings. The van der Waals surface area contributed by atoms with Crippen LogP contribution in [-0.4, -0.2) is 37.7 Å². The van der Waals surface area contributed by atoms with Gasteiger partial charge >= 0.3 is 0 Å². The van der Waals surface area contributed by atoms with Gasteiger partial charge in [-0.2, -0.15) is 12.7 Å². The summed E-state index contributed by atoms with van der Waals surface area (Å²) < 4.78 is 28.8. The third-order valence-electron chi connectivity index (χ3n) is 4.23. The number of nitrogens with zero attached hydrogens (tertiary/aromatic N) is 1. The average molecular weight is 339 g/mol. The van der Waals surface area contributed by atoms with Crippen molar-refractivity contribution >= 4 is 26.1 Å². The number of alkyl halides is 1. The Balaban J connectivity index is 1.91. The molecule has 1 aliphatic heterocycles. The van der Waals surface area contributed by atoms with Gasteiger partial charge in [-0.25, -0.2) is 4.72 Å². The molecule has 2 rings (SSSR count). The van der Waals surface area contributed by atoms with Crippen molar-refractivity contribution in [2.24, 2.45) is 5.41 Å². The minimum atomic E-state index is -3.26. The van der Waals surface area contributed by atoms with Gasteiger partial charge in [-0.15, -0.1) is 0 Å². The first-order valence-electron chi connectivity index (χ1n) is 6.89. The average Bonchev–Trinajstić information content (AvgIpc) is 2.87. The van der Waals surface area contributed by atoms with Crippen molar-refractivity contribution in [2.45, 2.75) is 44.9 Å². The summed E-state index contributed by atoms with van der Waals surface area (Å²) in [6, 6.07) is 0. The topological polar surface area (TPSA) is 49.4 Å². The summed E-state index contributed by atoms with van der Waals surface area (Å²) in [6.45, 7) is 1.93. The quantitative estimate of drug-likeness (QED) is 0.781. The highest BCUT2D eigenvalue weighted by atomic mass is 79.9. The zero-order chi connectivity index (χ0) is 13.1. The van der Waals surface area contributed by atoms with Gasteiger partial charge in [0.1, 0.15) is 0 Å². The second-order valence-corrected chi connectivity index (χ2v) is 7.94. The van der Waals surface area contributed by atoms with E-state index >= 15 is 0 Å². The maximum atomic E-state index is 12.2. The summed E-state index contributed by atoms with van der Waals surface area (Å²) in [5.41, 5.74) is 0.142. The molecule has 0 bridgehead atoms. The Morgan fingerprint density at radius 1 is 1.06 bits per heavy atom. The van der Waals surface area contributed by atoms with E-state index in [1.165, 1.54) is 12.8 Å². The van der Waals surface area contributed by atoms with E-state index in [0.29, 0.717) is 19.6 Å². The Morgan fingerprint density at radius 3 is 2.22 bits per heavy atom. The molecular formula is C12H23BrN2O2S. The van der Waals surface area contributed by atoms with Gasteiger partial charge in [-0.05, 0) is 31.1 Å². The molecule has 1 saturated heterocycles. The Kier molecular flexibility index (Phi) is 5.08. The van der Waals surface area contributed by atoms with Gasteiger partial charge in [0.05, 0.1) is 0 Å². The summed E-state index contributed by atoms with van der Waals surface area (Å²) in [5, 5.41) is 0.891. The van der Waals surface area contributed by atoms with Crippen LogP contribution < -0.4 is 4.72 Å². The second kappa shape index (κ2) is 6.20. The van der Waals surface area contributed by atoms with Crippen LogP contribution in [0.5, 0.6) is 0 Å². The van der Waals surface area contributed by atoms with Crippen molar-refractivity contribution in [2.75, 3.05) is 25.0 Å². The molecule has 0 aromatic rings. The smallest absolute Gasteiger partial charge is 0.202 e. The number of piperidine rings is 1.